The number of hydrogen-bond donors (Lipinski definition) is 1. The van der Waals surface area contributed by atoms with E-state index in [1.807, 2.05) is 6.07 Å². The van der Waals surface area contributed by atoms with Crippen LogP contribution in [0.5, 0.6) is 0 Å². The first-order chi connectivity index (χ1) is 12.3. The number of fused-ring (bicyclic) bond motifs is 1. The van der Waals surface area contributed by atoms with E-state index in [-0.39, 0.29) is 5.91 Å². The van der Waals surface area contributed by atoms with Crippen LogP contribution in [0.25, 0.3) is 10.1 Å². The quantitative estimate of drug-likeness (QED) is 0.671. The number of rotatable bonds is 5. The third kappa shape index (κ3) is 4.00. The molecule has 8 heteroatoms. The largest absolute Gasteiger partial charge is 0.321 e. The zero-order valence-corrected chi connectivity index (χ0v) is 16.6. The number of halogens is 1. The molecule has 0 bridgehead atoms. The van der Waals surface area contributed by atoms with Crippen LogP contribution in [-0.4, -0.2) is 27.1 Å². The normalized spacial score (nSPS) is 11.5. The van der Waals surface area contributed by atoms with E-state index in [2.05, 4.69) is 5.32 Å². The van der Waals surface area contributed by atoms with Gasteiger partial charge >= 0.3 is 0 Å². The van der Waals surface area contributed by atoms with Crippen molar-refractivity contribution in [2.24, 2.45) is 0 Å². The van der Waals surface area contributed by atoms with Crippen molar-refractivity contribution in [2.75, 3.05) is 22.4 Å². The number of nitrogens with one attached hydrogen (secondary N) is 1. The maximum atomic E-state index is 12.5. The third-order valence-corrected chi connectivity index (χ3v) is 6.40. The van der Waals surface area contributed by atoms with Gasteiger partial charge in [0, 0.05) is 22.0 Å². The first-order valence-corrected chi connectivity index (χ1v) is 10.9. The van der Waals surface area contributed by atoms with Gasteiger partial charge in [0.05, 0.1) is 16.8 Å². The van der Waals surface area contributed by atoms with Gasteiger partial charge in [-0.15, -0.1) is 11.3 Å². The minimum Gasteiger partial charge on any atom is -0.321 e. The molecule has 1 heterocycles. The van der Waals surface area contributed by atoms with E-state index in [1.165, 1.54) is 21.9 Å². The fourth-order valence-electron chi connectivity index (χ4n) is 2.67. The SMILES string of the molecule is CCN(c1ccc2sc(C(=O)Nc3cccc(Cl)c3)cc2c1)S(C)(=O)=O. The van der Waals surface area contributed by atoms with Crippen LogP contribution in [0.3, 0.4) is 0 Å². The Bertz CT molecular complexity index is 1080. The predicted octanol–water partition coefficient (Wildman–Crippen LogP) is 4.59. The molecular formula is C18H17ClN2O3S2. The molecule has 3 aromatic rings. The smallest absolute Gasteiger partial charge is 0.265 e. The molecule has 0 aliphatic carbocycles. The van der Waals surface area contributed by atoms with Crippen LogP contribution in [0.1, 0.15) is 16.6 Å². The van der Waals surface area contributed by atoms with Crippen molar-refractivity contribution in [3.63, 3.8) is 0 Å². The highest BCUT2D eigenvalue weighted by Crippen LogP contribution is 2.31. The highest BCUT2D eigenvalue weighted by atomic mass is 35.5. The molecule has 0 radical (unpaired) electrons. The van der Waals surface area contributed by atoms with Crippen molar-refractivity contribution in [1.29, 1.82) is 0 Å². The van der Waals surface area contributed by atoms with Gasteiger partial charge in [0.25, 0.3) is 5.91 Å². The number of hydrogen-bond acceptors (Lipinski definition) is 4. The zero-order chi connectivity index (χ0) is 18.9. The number of benzene rings is 2. The van der Waals surface area contributed by atoms with E-state index >= 15 is 0 Å². The first-order valence-electron chi connectivity index (χ1n) is 7.86. The molecule has 3 rings (SSSR count). The van der Waals surface area contributed by atoms with Gasteiger partial charge in [0.15, 0.2) is 0 Å². The van der Waals surface area contributed by atoms with Gasteiger partial charge < -0.3 is 5.32 Å². The van der Waals surface area contributed by atoms with Crippen molar-refractivity contribution >= 4 is 60.3 Å². The number of amides is 1. The molecule has 0 atom stereocenters. The molecule has 1 aromatic heterocycles. The molecule has 0 spiro atoms. The van der Waals surface area contributed by atoms with Gasteiger partial charge in [-0.3, -0.25) is 9.10 Å². The van der Waals surface area contributed by atoms with Crippen LogP contribution in [0, 0.1) is 0 Å². The maximum absolute atomic E-state index is 12.5. The monoisotopic (exact) mass is 408 g/mol. The van der Waals surface area contributed by atoms with E-state index in [4.69, 9.17) is 11.6 Å². The molecule has 26 heavy (non-hydrogen) atoms. The van der Waals surface area contributed by atoms with Crippen molar-refractivity contribution in [3.8, 4) is 0 Å². The zero-order valence-electron chi connectivity index (χ0n) is 14.2. The van der Waals surface area contributed by atoms with E-state index in [0.717, 1.165) is 10.1 Å². The van der Waals surface area contributed by atoms with Crippen LogP contribution in [0.4, 0.5) is 11.4 Å². The summed E-state index contributed by atoms with van der Waals surface area (Å²) in [5, 5.41) is 4.18. The van der Waals surface area contributed by atoms with E-state index in [9.17, 15) is 13.2 Å². The molecular weight excluding hydrogens is 392 g/mol. The summed E-state index contributed by atoms with van der Waals surface area (Å²) in [6.45, 7) is 2.12. The van der Waals surface area contributed by atoms with Crippen LogP contribution in [-0.2, 0) is 10.0 Å². The summed E-state index contributed by atoms with van der Waals surface area (Å²) in [6, 6.07) is 14.1. The Kier molecular flexibility index (Phi) is 5.22. The van der Waals surface area contributed by atoms with Gasteiger partial charge in [-0.1, -0.05) is 17.7 Å². The fraction of sp³-hybridized carbons (Fsp3) is 0.167. The molecule has 0 fully saturated rings. The summed E-state index contributed by atoms with van der Waals surface area (Å²) in [6.07, 6.45) is 1.18. The molecule has 0 aliphatic rings. The first kappa shape index (κ1) is 18.7. The fourth-order valence-corrected chi connectivity index (χ4v) is 4.76. The Hall–Kier alpha value is -2.09. The summed E-state index contributed by atoms with van der Waals surface area (Å²) in [7, 11) is -3.35. The Labute approximate surface area is 161 Å². The Morgan fingerprint density at radius 1 is 1.19 bits per heavy atom. The Morgan fingerprint density at radius 3 is 2.62 bits per heavy atom. The molecule has 136 valence electrons. The number of carbonyl (C=O) groups is 1. The van der Waals surface area contributed by atoms with Gasteiger partial charge in [0.1, 0.15) is 0 Å². The van der Waals surface area contributed by atoms with Gasteiger partial charge in [-0.05, 0) is 54.8 Å². The van der Waals surface area contributed by atoms with Crippen LogP contribution < -0.4 is 9.62 Å². The molecule has 0 saturated heterocycles. The summed E-state index contributed by atoms with van der Waals surface area (Å²) >= 11 is 7.29. The number of thiophene rings is 1. The topological polar surface area (TPSA) is 66.5 Å². The van der Waals surface area contributed by atoms with Crippen molar-refractivity contribution in [3.05, 3.63) is 58.4 Å². The lowest BCUT2D eigenvalue weighted by Crippen LogP contribution is -2.29. The number of anilines is 2. The third-order valence-electron chi connectivity index (χ3n) is 3.78. The number of carbonyl (C=O) groups excluding carboxylic acids is 1. The predicted molar refractivity (Wildman–Crippen MR) is 109 cm³/mol. The molecule has 0 saturated carbocycles. The lowest BCUT2D eigenvalue weighted by atomic mass is 10.2. The summed E-state index contributed by atoms with van der Waals surface area (Å²) in [5.74, 6) is -0.231. The van der Waals surface area contributed by atoms with Crippen LogP contribution in [0.2, 0.25) is 5.02 Å². The van der Waals surface area contributed by atoms with E-state index in [1.54, 1.807) is 49.4 Å². The maximum Gasteiger partial charge on any atom is 0.265 e. The highest BCUT2D eigenvalue weighted by molar-refractivity contribution is 7.92. The van der Waals surface area contributed by atoms with Crippen molar-refractivity contribution < 1.29 is 13.2 Å². The highest BCUT2D eigenvalue weighted by Gasteiger charge is 2.17. The van der Waals surface area contributed by atoms with Crippen molar-refractivity contribution in [1.82, 2.24) is 0 Å². The van der Waals surface area contributed by atoms with Gasteiger partial charge in [-0.2, -0.15) is 0 Å². The molecule has 5 nitrogen and oxygen atoms in total. The van der Waals surface area contributed by atoms with Crippen LogP contribution >= 0.6 is 22.9 Å². The lowest BCUT2D eigenvalue weighted by Gasteiger charge is -2.20. The number of sulfonamides is 1. The molecule has 1 N–H and O–H groups in total. The molecule has 2 aromatic carbocycles. The van der Waals surface area contributed by atoms with Crippen LogP contribution in [0.15, 0.2) is 48.5 Å². The van der Waals surface area contributed by atoms with E-state index in [0.29, 0.717) is 27.8 Å². The summed E-state index contributed by atoms with van der Waals surface area (Å²) < 4.78 is 26.0. The Balaban J connectivity index is 1.90. The minimum atomic E-state index is -3.35. The Morgan fingerprint density at radius 2 is 1.96 bits per heavy atom. The van der Waals surface area contributed by atoms with E-state index < -0.39 is 10.0 Å². The number of nitrogens with zero attached hydrogens (tertiary/aromatic N) is 1. The standard InChI is InChI=1S/C18H17ClN2O3S2/c1-3-21(26(2,23)24)15-7-8-16-12(9-15)10-17(25-16)18(22)20-14-6-4-5-13(19)11-14/h4-11H,3H2,1-2H3,(H,20,22). The second kappa shape index (κ2) is 7.26. The molecule has 0 unspecified atom stereocenters. The lowest BCUT2D eigenvalue weighted by molar-refractivity contribution is 0.103. The van der Waals surface area contributed by atoms with Gasteiger partial charge in [0.2, 0.25) is 10.0 Å². The average molecular weight is 409 g/mol. The average Bonchev–Trinajstić information content (AvgIpc) is 2.97. The van der Waals surface area contributed by atoms with Gasteiger partial charge in [-0.25, -0.2) is 8.42 Å². The molecule has 0 aliphatic heterocycles. The van der Waals surface area contributed by atoms with Crippen molar-refractivity contribution in [2.45, 2.75) is 6.92 Å². The molecule has 1 amide bonds. The minimum absolute atomic E-state index is 0.231. The summed E-state index contributed by atoms with van der Waals surface area (Å²) in [4.78, 5) is 13.0. The summed E-state index contributed by atoms with van der Waals surface area (Å²) in [5.41, 5.74) is 1.21. The second-order valence-corrected chi connectivity index (χ2v) is 9.15. The second-order valence-electron chi connectivity index (χ2n) is 5.72.